The number of likely N-dealkylation sites (tertiary alicyclic amines) is 2. The van der Waals surface area contributed by atoms with E-state index in [1.807, 2.05) is 30.0 Å². The SMILES string of the molecule is CN1C(=O)C[C@H](C(=O)O)C12CCN(CCSc1ccccc1)CC2. The number of carbonyl (C=O) groups excluding carboxylic acids is 1. The highest BCUT2D eigenvalue weighted by Gasteiger charge is 2.55. The fourth-order valence-corrected chi connectivity index (χ4v) is 4.89. The van der Waals surface area contributed by atoms with E-state index in [2.05, 4.69) is 17.0 Å². The molecule has 0 unspecified atom stereocenters. The Balaban J connectivity index is 1.53. The lowest BCUT2D eigenvalue weighted by atomic mass is 9.77. The fraction of sp³-hybridized carbons (Fsp3) is 0.556. The number of hydrogen-bond donors (Lipinski definition) is 1. The number of nitrogens with zero attached hydrogens (tertiary/aromatic N) is 2. The number of amides is 1. The van der Waals surface area contributed by atoms with E-state index in [1.54, 1.807) is 11.9 Å². The van der Waals surface area contributed by atoms with Crippen LogP contribution in [0.25, 0.3) is 0 Å². The summed E-state index contributed by atoms with van der Waals surface area (Å²) in [6, 6.07) is 10.4. The summed E-state index contributed by atoms with van der Waals surface area (Å²) < 4.78 is 0. The van der Waals surface area contributed by atoms with Gasteiger partial charge in [0.05, 0.1) is 11.5 Å². The molecule has 0 saturated carbocycles. The fourth-order valence-electron chi connectivity index (χ4n) is 3.96. The Bertz CT molecular complexity index is 600. The number of piperidine rings is 1. The standard InChI is InChI=1S/C18H24N2O3S/c1-19-16(21)13-15(17(22)23)18(19)7-9-20(10-8-18)11-12-24-14-5-3-2-4-6-14/h2-6,15H,7-13H2,1H3,(H,22,23)/t15-/m1/s1. The third-order valence-electron chi connectivity index (χ3n) is 5.51. The van der Waals surface area contributed by atoms with Crippen molar-refractivity contribution >= 4 is 23.6 Å². The van der Waals surface area contributed by atoms with Crippen LogP contribution in [-0.4, -0.2) is 64.8 Å². The summed E-state index contributed by atoms with van der Waals surface area (Å²) in [5, 5.41) is 9.50. The van der Waals surface area contributed by atoms with Crippen molar-refractivity contribution in [3.8, 4) is 0 Å². The lowest BCUT2D eigenvalue weighted by Crippen LogP contribution is -2.56. The second-order valence-electron chi connectivity index (χ2n) is 6.65. The zero-order valence-electron chi connectivity index (χ0n) is 14.0. The van der Waals surface area contributed by atoms with Gasteiger partial charge >= 0.3 is 5.97 Å². The molecule has 0 radical (unpaired) electrons. The molecule has 2 saturated heterocycles. The second-order valence-corrected chi connectivity index (χ2v) is 7.82. The van der Waals surface area contributed by atoms with Gasteiger partial charge in [-0.3, -0.25) is 9.59 Å². The molecule has 6 heteroatoms. The van der Waals surface area contributed by atoms with Gasteiger partial charge in [0.1, 0.15) is 0 Å². The van der Waals surface area contributed by atoms with E-state index in [9.17, 15) is 14.7 Å². The summed E-state index contributed by atoms with van der Waals surface area (Å²) >= 11 is 1.84. The van der Waals surface area contributed by atoms with E-state index in [0.717, 1.165) is 38.2 Å². The van der Waals surface area contributed by atoms with Crippen LogP contribution in [0.2, 0.25) is 0 Å². The van der Waals surface area contributed by atoms with Gasteiger partial charge in [-0.2, -0.15) is 0 Å². The molecular weight excluding hydrogens is 324 g/mol. The number of aliphatic carboxylic acids is 1. The molecule has 3 rings (SSSR count). The molecule has 1 aromatic carbocycles. The van der Waals surface area contributed by atoms with Crippen molar-refractivity contribution in [3.63, 3.8) is 0 Å². The number of hydrogen-bond acceptors (Lipinski definition) is 4. The van der Waals surface area contributed by atoms with E-state index >= 15 is 0 Å². The Morgan fingerprint density at radius 2 is 1.96 bits per heavy atom. The molecule has 1 spiro atoms. The normalized spacial score (nSPS) is 23.8. The molecule has 2 aliphatic rings. The van der Waals surface area contributed by atoms with E-state index in [1.165, 1.54) is 4.90 Å². The van der Waals surface area contributed by atoms with Crippen molar-refractivity contribution < 1.29 is 14.7 Å². The minimum atomic E-state index is -0.833. The van der Waals surface area contributed by atoms with E-state index < -0.39 is 17.4 Å². The van der Waals surface area contributed by atoms with Gasteiger partial charge in [-0.1, -0.05) is 18.2 Å². The predicted octanol–water partition coefficient (Wildman–Crippen LogP) is 2.18. The van der Waals surface area contributed by atoms with Gasteiger partial charge in [-0.25, -0.2) is 0 Å². The molecule has 0 aromatic heterocycles. The molecule has 0 aliphatic carbocycles. The second kappa shape index (κ2) is 7.15. The van der Waals surface area contributed by atoms with Crippen molar-refractivity contribution in [2.45, 2.75) is 29.7 Å². The first-order valence-electron chi connectivity index (χ1n) is 8.42. The first-order chi connectivity index (χ1) is 11.5. The highest BCUT2D eigenvalue weighted by molar-refractivity contribution is 7.99. The van der Waals surface area contributed by atoms with Gasteiger partial charge < -0.3 is 14.9 Å². The van der Waals surface area contributed by atoms with Crippen molar-refractivity contribution in [2.75, 3.05) is 32.4 Å². The average molecular weight is 348 g/mol. The molecule has 2 fully saturated rings. The predicted molar refractivity (Wildman–Crippen MR) is 94.1 cm³/mol. The summed E-state index contributed by atoms with van der Waals surface area (Å²) in [5.74, 6) is -0.402. The summed E-state index contributed by atoms with van der Waals surface area (Å²) in [7, 11) is 1.77. The lowest BCUT2D eigenvalue weighted by Gasteiger charge is -2.45. The topological polar surface area (TPSA) is 60.9 Å². The van der Waals surface area contributed by atoms with Gasteiger partial charge in [-0.05, 0) is 25.0 Å². The summed E-state index contributed by atoms with van der Waals surface area (Å²) in [6.07, 6.45) is 1.65. The van der Waals surface area contributed by atoms with Gasteiger partial charge in [-0.15, -0.1) is 11.8 Å². The average Bonchev–Trinajstić information content (AvgIpc) is 2.83. The third-order valence-corrected chi connectivity index (χ3v) is 6.50. The van der Waals surface area contributed by atoms with Crippen LogP contribution in [0.1, 0.15) is 19.3 Å². The number of carbonyl (C=O) groups is 2. The molecule has 24 heavy (non-hydrogen) atoms. The molecule has 5 nitrogen and oxygen atoms in total. The third kappa shape index (κ3) is 3.30. The van der Waals surface area contributed by atoms with Crippen LogP contribution in [0, 0.1) is 5.92 Å². The van der Waals surface area contributed by atoms with Crippen molar-refractivity contribution in [1.29, 1.82) is 0 Å². The number of carboxylic acid groups (broad SMARTS) is 1. The maximum atomic E-state index is 12.0. The van der Waals surface area contributed by atoms with E-state index in [-0.39, 0.29) is 12.3 Å². The Kier molecular flexibility index (Phi) is 5.15. The van der Waals surface area contributed by atoms with Crippen LogP contribution >= 0.6 is 11.8 Å². The van der Waals surface area contributed by atoms with Crippen LogP contribution in [0.5, 0.6) is 0 Å². The van der Waals surface area contributed by atoms with E-state index in [4.69, 9.17) is 0 Å². The van der Waals surface area contributed by atoms with Crippen molar-refractivity contribution in [3.05, 3.63) is 30.3 Å². The number of thioether (sulfide) groups is 1. The minimum absolute atomic E-state index is 0.0320. The monoisotopic (exact) mass is 348 g/mol. The molecule has 1 amide bonds. The van der Waals surface area contributed by atoms with Crippen molar-refractivity contribution in [2.24, 2.45) is 5.92 Å². The van der Waals surface area contributed by atoms with Crippen LogP contribution in [-0.2, 0) is 9.59 Å². The maximum Gasteiger partial charge on any atom is 0.309 e. The van der Waals surface area contributed by atoms with Gasteiger partial charge in [0.2, 0.25) is 5.91 Å². The Hall–Kier alpha value is -1.53. The Morgan fingerprint density at radius 1 is 1.29 bits per heavy atom. The molecule has 1 aromatic rings. The number of rotatable bonds is 5. The summed E-state index contributed by atoms with van der Waals surface area (Å²) in [4.78, 5) is 29.0. The molecule has 2 aliphatic heterocycles. The number of benzene rings is 1. The Labute approximate surface area is 147 Å². The zero-order valence-corrected chi connectivity index (χ0v) is 14.8. The van der Waals surface area contributed by atoms with Crippen LogP contribution in [0.15, 0.2) is 35.2 Å². The highest BCUT2D eigenvalue weighted by atomic mass is 32.2. The molecule has 1 N–H and O–H groups in total. The summed E-state index contributed by atoms with van der Waals surface area (Å²) in [6.45, 7) is 2.71. The lowest BCUT2D eigenvalue weighted by molar-refractivity contribution is -0.146. The first kappa shape index (κ1) is 17.3. The van der Waals surface area contributed by atoms with Crippen LogP contribution in [0.4, 0.5) is 0 Å². The summed E-state index contributed by atoms with van der Waals surface area (Å²) in [5.41, 5.74) is -0.480. The number of carboxylic acids is 1. The molecule has 2 heterocycles. The molecule has 1 atom stereocenters. The molecule has 0 bridgehead atoms. The smallest absolute Gasteiger partial charge is 0.309 e. The van der Waals surface area contributed by atoms with Gasteiger partial charge in [0.15, 0.2) is 0 Å². The Morgan fingerprint density at radius 3 is 2.58 bits per heavy atom. The van der Waals surface area contributed by atoms with Gasteiger partial charge in [0, 0.05) is 43.8 Å². The largest absolute Gasteiger partial charge is 0.481 e. The van der Waals surface area contributed by atoms with Crippen LogP contribution in [0.3, 0.4) is 0 Å². The zero-order chi connectivity index (χ0) is 17.2. The molecule has 130 valence electrons. The maximum absolute atomic E-state index is 12.0. The van der Waals surface area contributed by atoms with Gasteiger partial charge in [0.25, 0.3) is 0 Å². The van der Waals surface area contributed by atoms with Crippen molar-refractivity contribution in [1.82, 2.24) is 9.80 Å². The quantitative estimate of drug-likeness (QED) is 0.827. The first-order valence-corrected chi connectivity index (χ1v) is 9.41. The minimum Gasteiger partial charge on any atom is -0.481 e. The molecular formula is C18H24N2O3S. The highest BCUT2D eigenvalue weighted by Crippen LogP contribution is 2.42. The van der Waals surface area contributed by atoms with Crippen LogP contribution < -0.4 is 0 Å². The van der Waals surface area contributed by atoms with E-state index in [0.29, 0.717) is 0 Å².